The number of benzene rings is 1. The van der Waals surface area contributed by atoms with Crippen molar-refractivity contribution in [3.05, 3.63) is 56.0 Å². The van der Waals surface area contributed by atoms with Gasteiger partial charge in [0.25, 0.3) is 0 Å². The molecule has 0 saturated heterocycles. The van der Waals surface area contributed by atoms with Gasteiger partial charge in [0.05, 0.1) is 24.4 Å². The number of fused-ring (bicyclic) bond motifs is 3. The average molecular weight is 318 g/mol. The first-order valence-electron chi connectivity index (χ1n) is 7.20. The predicted octanol–water partition coefficient (Wildman–Crippen LogP) is 1.44. The van der Waals surface area contributed by atoms with E-state index in [9.17, 15) is 18.8 Å². The quantitative estimate of drug-likeness (QED) is 0.662. The zero-order valence-electron chi connectivity index (χ0n) is 12.7. The van der Waals surface area contributed by atoms with Crippen LogP contribution in [-0.4, -0.2) is 22.5 Å². The van der Waals surface area contributed by atoms with Gasteiger partial charge in [-0.05, 0) is 31.5 Å². The lowest BCUT2D eigenvalue weighted by molar-refractivity contribution is -0.144. The number of esters is 1. The van der Waals surface area contributed by atoms with Crippen LogP contribution in [0.15, 0.2) is 27.8 Å². The van der Waals surface area contributed by atoms with Gasteiger partial charge in [-0.15, -0.1) is 0 Å². The first kappa shape index (κ1) is 15.2. The van der Waals surface area contributed by atoms with Crippen LogP contribution in [0.1, 0.15) is 31.5 Å². The zero-order chi connectivity index (χ0) is 16.8. The molecule has 1 aromatic heterocycles. The second-order valence-electron chi connectivity index (χ2n) is 5.66. The van der Waals surface area contributed by atoms with Gasteiger partial charge < -0.3 is 14.7 Å². The number of carbonyl (C=O) groups excluding carboxylic acids is 1. The summed E-state index contributed by atoms with van der Waals surface area (Å²) in [7, 11) is 0. The number of aromatic nitrogens is 2. The Balaban J connectivity index is 2.26. The van der Waals surface area contributed by atoms with E-state index in [2.05, 4.69) is 9.97 Å². The maximum absolute atomic E-state index is 13.6. The van der Waals surface area contributed by atoms with E-state index in [4.69, 9.17) is 4.74 Å². The van der Waals surface area contributed by atoms with Crippen LogP contribution in [0.5, 0.6) is 0 Å². The van der Waals surface area contributed by atoms with Crippen LogP contribution in [0, 0.1) is 5.82 Å². The van der Waals surface area contributed by atoms with E-state index in [1.165, 1.54) is 12.1 Å². The number of aromatic amines is 2. The van der Waals surface area contributed by atoms with E-state index in [-0.39, 0.29) is 13.0 Å². The highest BCUT2D eigenvalue weighted by atomic mass is 19.1. The first-order valence-corrected chi connectivity index (χ1v) is 7.20. The first-order chi connectivity index (χ1) is 10.9. The molecule has 6 nitrogen and oxygen atoms in total. The van der Waals surface area contributed by atoms with E-state index in [1.54, 1.807) is 19.9 Å². The average Bonchev–Trinajstić information content (AvgIpc) is 2.69. The second kappa shape index (κ2) is 5.19. The molecule has 0 saturated carbocycles. The molecule has 120 valence electrons. The number of nitrogens with one attached hydrogen (secondary N) is 2. The number of rotatable bonds is 3. The molecule has 0 fully saturated rings. The summed E-state index contributed by atoms with van der Waals surface area (Å²) in [5, 5.41) is 0. The Morgan fingerprint density at radius 2 is 1.96 bits per heavy atom. The van der Waals surface area contributed by atoms with Gasteiger partial charge in [-0.1, -0.05) is 6.07 Å². The van der Waals surface area contributed by atoms with Gasteiger partial charge >= 0.3 is 17.1 Å². The van der Waals surface area contributed by atoms with E-state index in [0.717, 1.165) is 0 Å². The maximum Gasteiger partial charge on any atom is 0.314 e. The fraction of sp³-hybridized carbons (Fsp3) is 0.312. The highest BCUT2D eigenvalue weighted by Crippen LogP contribution is 2.48. The van der Waals surface area contributed by atoms with Crippen LogP contribution in [0.2, 0.25) is 0 Å². The molecule has 1 atom stereocenters. The second-order valence-corrected chi connectivity index (χ2v) is 5.66. The Kier molecular flexibility index (Phi) is 3.43. The van der Waals surface area contributed by atoms with Crippen molar-refractivity contribution >= 4 is 5.97 Å². The number of hydrogen-bond acceptors (Lipinski definition) is 4. The smallest absolute Gasteiger partial charge is 0.314 e. The molecule has 0 amide bonds. The molecule has 1 aliphatic carbocycles. The number of halogens is 1. The van der Waals surface area contributed by atoms with Gasteiger partial charge in [0.2, 0.25) is 0 Å². The molecule has 1 aliphatic rings. The van der Waals surface area contributed by atoms with Crippen LogP contribution in [0.3, 0.4) is 0 Å². The lowest BCUT2D eigenvalue weighted by atomic mass is 9.80. The highest BCUT2D eigenvalue weighted by Gasteiger charge is 2.43. The molecule has 3 rings (SSSR count). The highest BCUT2D eigenvalue weighted by molar-refractivity contribution is 5.81. The van der Waals surface area contributed by atoms with Gasteiger partial charge in [-0.2, -0.15) is 0 Å². The van der Waals surface area contributed by atoms with E-state index >= 15 is 0 Å². The molecule has 7 heteroatoms. The zero-order valence-corrected chi connectivity index (χ0v) is 12.7. The third-order valence-corrected chi connectivity index (χ3v) is 4.13. The summed E-state index contributed by atoms with van der Waals surface area (Å²) in [4.78, 5) is 40.3. The van der Waals surface area contributed by atoms with Crippen molar-refractivity contribution in [3.63, 3.8) is 0 Å². The molecule has 2 N–H and O–H groups in total. The molecule has 1 heterocycles. The summed E-state index contributed by atoms with van der Waals surface area (Å²) in [6.07, 6.45) is -0.0333. The van der Waals surface area contributed by atoms with Crippen molar-refractivity contribution in [1.82, 2.24) is 9.97 Å². The standard InChI is InChI=1S/C16H15FN2O4/c1-3-23-11(20)7-16(2)10-5-4-8(17)6-9(10)12-13(16)19-15(22)14(21)18-12/h4-6H,3,7H2,1-2H3,(H,18,21)(H,19,22). The van der Waals surface area contributed by atoms with Gasteiger partial charge in [0.1, 0.15) is 5.82 Å². The lowest BCUT2D eigenvalue weighted by Crippen LogP contribution is -2.35. The number of ether oxygens (including phenoxy) is 1. The molecular weight excluding hydrogens is 303 g/mol. The maximum atomic E-state index is 13.6. The third kappa shape index (κ3) is 2.28. The van der Waals surface area contributed by atoms with Crippen molar-refractivity contribution in [2.45, 2.75) is 25.7 Å². The van der Waals surface area contributed by atoms with Crippen molar-refractivity contribution in [2.75, 3.05) is 6.61 Å². The Bertz CT molecular complexity index is 915. The van der Waals surface area contributed by atoms with Gasteiger partial charge in [0.15, 0.2) is 0 Å². The summed E-state index contributed by atoms with van der Waals surface area (Å²) >= 11 is 0. The minimum atomic E-state index is -0.909. The van der Waals surface area contributed by atoms with Gasteiger partial charge in [0, 0.05) is 11.0 Å². The summed E-state index contributed by atoms with van der Waals surface area (Å²) in [5.41, 5.74) is -0.716. The number of hydrogen-bond donors (Lipinski definition) is 2. The molecule has 0 radical (unpaired) electrons. The van der Waals surface area contributed by atoms with Crippen molar-refractivity contribution in [2.24, 2.45) is 0 Å². The molecule has 2 aromatic rings. The largest absolute Gasteiger partial charge is 0.466 e. The van der Waals surface area contributed by atoms with E-state index in [0.29, 0.717) is 22.5 Å². The van der Waals surface area contributed by atoms with Crippen LogP contribution in [-0.2, 0) is 14.9 Å². The van der Waals surface area contributed by atoms with Crippen LogP contribution < -0.4 is 11.1 Å². The normalized spacial score (nSPS) is 18.4. The fourth-order valence-electron chi connectivity index (χ4n) is 3.10. The molecular formula is C16H15FN2O4. The summed E-state index contributed by atoms with van der Waals surface area (Å²) in [5.74, 6) is -0.910. The van der Waals surface area contributed by atoms with E-state index in [1.807, 2.05) is 0 Å². The monoisotopic (exact) mass is 318 g/mol. The molecule has 0 bridgehead atoms. The molecule has 23 heavy (non-hydrogen) atoms. The number of H-pyrrole nitrogens is 2. The van der Waals surface area contributed by atoms with Gasteiger partial charge in [-0.25, -0.2) is 4.39 Å². The van der Waals surface area contributed by atoms with Crippen LogP contribution in [0.4, 0.5) is 4.39 Å². The Morgan fingerprint density at radius 3 is 2.65 bits per heavy atom. The molecule has 0 spiro atoms. The third-order valence-electron chi connectivity index (χ3n) is 4.13. The molecule has 1 unspecified atom stereocenters. The van der Waals surface area contributed by atoms with E-state index < -0.39 is 28.3 Å². The summed E-state index contributed by atoms with van der Waals surface area (Å²) < 4.78 is 18.6. The topological polar surface area (TPSA) is 92.0 Å². The van der Waals surface area contributed by atoms with Crippen molar-refractivity contribution in [1.29, 1.82) is 0 Å². The minimum absolute atomic E-state index is 0.0333. The Labute approximate surface area is 130 Å². The van der Waals surface area contributed by atoms with Crippen LogP contribution in [0.25, 0.3) is 11.3 Å². The Morgan fingerprint density at radius 1 is 1.26 bits per heavy atom. The summed E-state index contributed by atoms with van der Waals surface area (Å²) in [6, 6.07) is 4.11. The minimum Gasteiger partial charge on any atom is -0.466 e. The lowest BCUT2D eigenvalue weighted by Gasteiger charge is -2.25. The SMILES string of the molecule is CCOC(=O)CC1(C)c2ccc(F)cc2-c2[nH]c(=O)c(=O)[nH]c21. The van der Waals surface area contributed by atoms with Crippen LogP contribution >= 0.6 is 0 Å². The number of carbonyl (C=O) groups is 1. The molecule has 1 aromatic carbocycles. The predicted molar refractivity (Wildman–Crippen MR) is 80.8 cm³/mol. The molecule has 0 aliphatic heterocycles. The Hall–Kier alpha value is -2.70. The van der Waals surface area contributed by atoms with Crippen molar-refractivity contribution in [3.8, 4) is 11.3 Å². The summed E-state index contributed by atoms with van der Waals surface area (Å²) in [6.45, 7) is 3.69. The van der Waals surface area contributed by atoms with Gasteiger partial charge in [-0.3, -0.25) is 14.4 Å². The van der Waals surface area contributed by atoms with Crippen molar-refractivity contribution < 1.29 is 13.9 Å². The fourth-order valence-corrected chi connectivity index (χ4v) is 3.10.